The van der Waals surface area contributed by atoms with Crippen LogP contribution < -0.4 is 11.1 Å². The molecular formula is C13H25N3O2. The number of nitrogens with zero attached hydrogens (tertiary/aromatic N) is 1. The first-order valence-corrected chi connectivity index (χ1v) is 6.91. The Morgan fingerprint density at radius 2 is 2.17 bits per heavy atom. The third-order valence-electron chi connectivity index (χ3n) is 3.59. The van der Waals surface area contributed by atoms with Crippen LogP contribution in [0.2, 0.25) is 0 Å². The summed E-state index contributed by atoms with van der Waals surface area (Å²) >= 11 is 0. The number of carbonyl (C=O) groups excluding carboxylic acids is 2. The fraction of sp³-hybridized carbons (Fsp3) is 0.846. The van der Waals surface area contributed by atoms with Gasteiger partial charge in [0.25, 0.3) is 0 Å². The maximum Gasteiger partial charge on any atom is 0.225 e. The highest BCUT2D eigenvalue weighted by molar-refractivity contribution is 5.89. The van der Waals surface area contributed by atoms with Crippen molar-refractivity contribution in [3.8, 4) is 0 Å². The number of amides is 2. The molecule has 18 heavy (non-hydrogen) atoms. The zero-order chi connectivity index (χ0) is 13.5. The van der Waals surface area contributed by atoms with E-state index in [1.165, 1.54) is 0 Å². The summed E-state index contributed by atoms with van der Waals surface area (Å²) in [6.07, 6.45) is 3.03. The first kappa shape index (κ1) is 15.0. The lowest BCUT2D eigenvalue weighted by Crippen LogP contribution is -2.38. The number of hydrogen-bond acceptors (Lipinski definition) is 3. The predicted molar refractivity (Wildman–Crippen MR) is 70.9 cm³/mol. The Balaban J connectivity index is 2.47. The molecule has 0 aliphatic carbocycles. The summed E-state index contributed by atoms with van der Waals surface area (Å²) in [6.45, 7) is 5.90. The molecule has 0 aromatic rings. The summed E-state index contributed by atoms with van der Waals surface area (Å²) in [5.74, 6) is -0.0798. The highest BCUT2D eigenvalue weighted by atomic mass is 16.2. The van der Waals surface area contributed by atoms with Gasteiger partial charge < -0.3 is 16.0 Å². The molecule has 0 aromatic carbocycles. The van der Waals surface area contributed by atoms with Crippen molar-refractivity contribution in [2.75, 3.05) is 19.6 Å². The van der Waals surface area contributed by atoms with Crippen LogP contribution in [0.3, 0.4) is 0 Å². The van der Waals surface area contributed by atoms with Gasteiger partial charge in [-0.2, -0.15) is 0 Å². The zero-order valence-corrected chi connectivity index (χ0v) is 11.4. The Kier molecular flexibility index (Phi) is 6.12. The third-order valence-corrected chi connectivity index (χ3v) is 3.59. The predicted octanol–water partition coefficient (Wildman–Crippen LogP) is 0.489. The van der Waals surface area contributed by atoms with Gasteiger partial charge in [-0.25, -0.2) is 0 Å². The van der Waals surface area contributed by atoms with Crippen molar-refractivity contribution >= 4 is 11.8 Å². The molecule has 1 rings (SSSR count). The van der Waals surface area contributed by atoms with Crippen molar-refractivity contribution in [2.24, 2.45) is 11.7 Å². The number of nitrogens with two attached hydrogens (primary N) is 1. The summed E-state index contributed by atoms with van der Waals surface area (Å²) in [5.41, 5.74) is 5.37. The Morgan fingerprint density at radius 1 is 1.50 bits per heavy atom. The highest BCUT2D eigenvalue weighted by Gasteiger charge is 2.36. The molecule has 0 bridgehead atoms. The van der Waals surface area contributed by atoms with Crippen molar-refractivity contribution in [1.82, 2.24) is 10.2 Å². The standard InChI is InChI=1S/C13H25N3O2/c1-3-11(4-2)16-9-10(8-12(16)17)13(18)15-7-5-6-14/h10-11H,3-9,14H2,1-2H3,(H,15,18). The van der Waals surface area contributed by atoms with E-state index in [1.807, 2.05) is 4.90 Å². The lowest BCUT2D eigenvalue weighted by Gasteiger charge is -2.26. The van der Waals surface area contributed by atoms with Gasteiger partial charge in [-0.3, -0.25) is 9.59 Å². The third kappa shape index (κ3) is 3.70. The van der Waals surface area contributed by atoms with E-state index in [4.69, 9.17) is 5.73 Å². The van der Waals surface area contributed by atoms with Crippen molar-refractivity contribution in [2.45, 2.75) is 45.6 Å². The average Bonchev–Trinajstić information content (AvgIpc) is 2.74. The van der Waals surface area contributed by atoms with Crippen molar-refractivity contribution in [1.29, 1.82) is 0 Å². The molecule has 1 saturated heterocycles. The molecule has 0 spiro atoms. The number of nitrogens with one attached hydrogen (secondary N) is 1. The quantitative estimate of drug-likeness (QED) is 0.650. The van der Waals surface area contributed by atoms with Crippen molar-refractivity contribution in [3.05, 3.63) is 0 Å². The van der Waals surface area contributed by atoms with Gasteiger partial charge in [-0.15, -0.1) is 0 Å². The van der Waals surface area contributed by atoms with E-state index in [0.717, 1.165) is 19.3 Å². The summed E-state index contributed by atoms with van der Waals surface area (Å²) in [5, 5.41) is 2.84. The van der Waals surface area contributed by atoms with Gasteiger partial charge in [0, 0.05) is 25.6 Å². The zero-order valence-electron chi connectivity index (χ0n) is 11.4. The van der Waals surface area contributed by atoms with Crippen LogP contribution in [0.4, 0.5) is 0 Å². The molecule has 1 atom stereocenters. The van der Waals surface area contributed by atoms with Gasteiger partial charge in [0.2, 0.25) is 11.8 Å². The minimum Gasteiger partial charge on any atom is -0.356 e. The Morgan fingerprint density at radius 3 is 2.72 bits per heavy atom. The highest BCUT2D eigenvalue weighted by Crippen LogP contribution is 2.23. The van der Waals surface area contributed by atoms with E-state index < -0.39 is 0 Å². The molecule has 0 saturated carbocycles. The fourth-order valence-electron chi connectivity index (χ4n) is 2.45. The van der Waals surface area contributed by atoms with Crippen LogP contribution in [0, 0.1) is 5.92 Å². The molecular weight excluding hydrogens is 230 g/mol. The van der Waals surface area contributed by atoms with E-state index in [1.54, 1.807) is 0 Å². The Bertz CT molecular complexity index is 290. The van der Waals surface area contributed by atoms with Gasteiger partial charge in [-0.05, 0) is 25.8 Å². The SMILES string of the molecule is CCC(CC)N1CC(C(=O)NCCCN)CC1=O. The molecule has 1 aliphatic heterocycles. The lowest BCUT2D eigenvalue weighted by atomic mass is 10.1. The van der Waals surface area contributed by atoms with Crippen LogP contribution in [0.25, 0.3) is 0 Å². The molecule has 1 aliphatic rings. The summed E-state index contributed by atoms with van der Waals surface area (Å²) in [7, 11) is 0. The van der Waals surface area contributed by atoms with Crippen LogP contribution in [-0.4, -0.2) is 42.4 Å². The summed E-state index contributed by atoms with van der Waals surface area (Å²) < 4.78 is 0. The second kappa shape index (κ2) is 7.36. The van der Waals surface area contributed by atoms with Gasteiger partial charge in [0.1, 0.15) is 0 Å². The number of carbonyl (C=O) groups is 2. The van der Waals surface area contributed by atoms with Crippen molar-refractivity contribution < 1.29 is 9.59 Å². The molecule has 0 aromatic heterocycles. The van der Waals surface area contributed by atoms with E-state index >= 15 is 0 Å². The monoisotopic (exact) mass is 255 g/mol. The maximum absolute atomic E-state index is 11.9. The minimum absolute atomic E-state index is 0.00902. The lowest BCUT2D eigenvalue weighted by molar-refractivity contribution is -0.130. The summed E-state index contributed by atoms with van der Waals surface area (Å²) in [4.78, 5) is 25.7. The second-order valence-electron chi connectivity index (χ2n) is 4.85. The molecule has 1 heterocycles. The van der Waals surface area contributed by atoms with E-state index in [9.17, 15) is 9.59 Å². The molecule has 104 valence electrons. The Hall–Kier alpha value is -1.10. The van der Waals surface area contributed by atoms with Gasteiger partial charge in [0.05, 0.1) is 5.92 Å². The van der Waals surface area contributed by atoms with Crippen LogP contribution >= 0.6 is 0 Å². The van der Waals surface area contributed by atoms with Gasteiger partial charge >= 0.3 is 0 Å². The van der Waals surface area contributed by atoms with Gasteiger partial charge in [-0.1, -0.05) is 13.8 Å². The van der Waals surface area contributed by atoms with E-state index in [2.05, 4.69) is 19.2 Å². The van der Waals surface area contributed by atoms with Gasteiger partial charge in [0.15, 0.2) is 0 Å². The topological polar surface area (TPSA) is 75.4 Å². The van der Waals surface area contributed by atoms with Crippen LogP contribution in [0.1, 0.15) is 39.5 Å². The molecule has 2 amide bonds. The molecule has 5 nitrogen and oxygen atoms in total. The first-order chi connectivity index (χ1) is 8.63. The normalized spacial score (nSPS) is 19.7. The van der Waals surface area contributed by atoms with Crippen molar-refractivity contribution in [3.63, 3.8) is 0 Å². The number of likely N-dealkylation sites (tertiary alicyclic amines) is 1. The van der Waals surface area contributed by atoms with Crippen LogP contribution in [-0.2, 0) is 9.59 Å². The number of rotatable bonds is 7. The van der Waals surface area contributed by atoms with E-state index in [0.29, 0.717) is 26.1 Å². The Labute approximate surface area is 109 Å². The molecule has 0 radical (unpaired) electrons. The second-order valence-corrected chi connectivity index (χ2v) is 4.85. The first-order valence-electron chi connectivity index (χ1n) is 6.91. The molecule has 1 fully saturated rings. The molecule has 5 heteroatoms. The molecule has 1 unspecified atom stereocenters. The summed E-state index contributed by atoms with van der Waals surface area (Å²) in [6, 6.07) is 0.277. The smallest absolute Gasteiger partial charge is 0.225 e. The van der Waals surface area contributed by atoms with E-state index in [-0.39, 0.29) is 23.8 Å². The van der Waals surface area contributed by atoms with Crippen LogP contribution in [0.5, 0.6) is 0 Å². The minimum atomic E-state index is -0.184. The average molecular weight is 255 g/mol. The van der Waals surface area contributed by atoms with Crippen LogP contribution in [0.15, 0.2) is 0 Å². The maximum atomic E-state index is 11.9. The fourth-order valence-corrected chi connectivity index (χ4v) is 2.45. The molecule has 3 N–H and O–H groups in total. The number of hydrogen-bond donors (Lipinski definition) is 2. The largest absolute Gasteiger partial charge is 0.356 e.